The van der Waals surface area contributed by atoms with Gasteiger partial charge < -0.3 is 10.7 Å². The van der Waals surface area contributed by atoms with E-state index in [0.717, 1.165) is 6.07 Å². The summed E-state index contributed by atoms with van der Waals surface area (Å²) in [5.41, 5.74) is 2.94. The molecular weight excluding hydrogens is 271 g/mol. The van der Waals surface area contributed by atoms with Gasteiger partial charge in [-0.1, -0.05) is 13.8 Å². The number of hydrogen-bond acceptors (Lipinski definition) is 6. The fourth-order valence-electron chi connectivity index (χ4n) is 1.69. The highest BCUT2D eigenvalue weighted by Gasteiger charge is 2.10. The van der Waals surface area contributed by atoms with Crippen molar-refractivity contribution in [2.75, 3.05) is 10.7 Å². The van der Waals surface area contributed by atoms with Crippen molar-refractivity contribution in [1.82, 2.24) is 9.97 Å². The van der Waals surface area contributed by atoms with Gasteiger partial charge >= 0.3 is 0 Å². The van der Waals surface area contributed by atoms with Gasteiger partial charge in [-0.05, 0) is 18.2 Å². The normalized spacial score (nSPS) is 10.3. The molecule has 0 atom stereocenters. The molecule has 2 rings (SSSR count). The highest BCUT2D eigenvalue weighted by atomic mass is 19.1. The van der Waals surface area contributed by atoms with Gasteiger partial charge in [0.15, 0.2) is 0 Å². The summed E-state index contributed by atoms with van der Waals surface area (Å²) in [5.74, 6) is 6.39. The van der Waals surface area contributed by atoms with Crippen LogP contribution in [0.15, 0.2) is 24.3 Å². The summed E-state index contributed by atoms with van der Waals surface area (Å²) in [7, 11) is 0. The Balaban J connectivity index is 2.35. The molecule has 0 radical (unpaired) electrons. The molecule has 108 valence electrons. The van der Waals surface area contributed by atoms with Gasteiger partial charge in [-0.25, -0.2) is 20.2 Å². The lowest BCUT2D eigenvalue weighted by molar-refractivity contribution is 0.631. The third-order valence-corrected chi connectivity index (χ3v) is 2.77. The molecule has 7 heteroatoms. The molecule has 2 aromatic rings. The Morgan fingerprint density at radius 2 is 1.95 bits per heavy atom. The number of aromatic nitrogens is 2. The van der Waals surface area contributed by atoms with Gasteiger partial charge in [0, 0.05) is 12.0 Å². The number of nitrogens with zero attached hydrogens (tertiary/aromatic N) is 3. The zero-order chi connectivity index (χ0) is 15.4. The first-order chi connectivity index (χ1) is 10.0. The molecule has 0 spiro atoms. The summed E-state index contributed by atoms with van der Waals surface area (Å²) in [5, 5.41) is 11.6. The van der Waals surface area contributed by atoms with E-state index in [2.05, 4.69) is 20.7 Å². The first-order valence-electron chi connectivity index (χ1n) is 6.35. The van der Waals surface area contributed by atoms with Crippen molar-refractivity contribution < 1.29 is 4.39 Å². The average molecular weight is 286 g/mol. The molecule has 0 fully saturated rings. The van der Waals surface area contributed by atoms with Crippen LogP contribution in [-0.4, -0.2) is 9.97 Å². The van der Waals surface area contributed by atoms with Gasteiger partial charge in [0.05, 0.1) is 17.3 Å². The van der Waals surface area contributed by atoms with Crippen molar-refractivity contribution >= 4 is 17.3 Å². The second-order valence-corrected chi connectivity index (χ2v) is 4.73. The number of nitrogens with two attached hydrogens (primary N) is 1. The summed E-state index contributed by atoms with van der Waals surface area (Å²) in [6, 6.07) is 7.63. The molecule has 0 bridgehead atoms. The van der Waals surface area contributed by atoms with E-state index in [1.807, 2.05) is 19.9 Å². The van der Waals surface area contributed by atoms with Crippen molar-refractivity contribution in [1.29, 1.82) is 5.26 Å². The van der Waals surface area contributed by atoms with Crippen molar-refractivity contribution in [2.24, 2.45) is 5.84 Å². The maximum atomic E-state index is 13.9. The van der Waals surface area contributed by atoms with Crippen LogP contribution in [0.3, 0.4) is 0 Å². The fraction of sp³-hybridized carbons (Fsp3) is 0.214. The van der Waals surface area contributed by atoms with E-state index in [0.29, 0.717) is 17.5 Å². The Morgan fingerprint density at radius 1 is 1.24 bits per heavy atom. The number of benzene rings is 1. The number of nitrogen functional groups attached to an aromatic ring is 1. The van der Waals surface area contributed by atoms with Crippen LogP contribution < -0.4 is 16.6 Å². The Bertz CT molecular complexity index is 692. The molecule has 0 aliphatic carbocycles. The van der Waals surface area contributed by atoms with Crippen LogP contribution in [0.2, 0.25) is 0 Å². The van der Waals surface area contributed by atoms with E-state index in [-0.39, 0.29) is 17.2 Å². The van der Waals surface area contributed by atoms with Crippen molar-refractivity contribution in [3.05, 3.63) is 41.5 Å². The highest BCUT2D eigenvalue weighted by molar-refractivity contribution is 5.60. The molecule has 0 saturated carbocycles. The summed E-state index contributed by atoms with van der Waals surface area (Å²) in [6.45, 7) is 3.89. The molecular formula is C14H15FN6. The number of rotatable bonds is 4. The van der Waals surface area contributed by atoms with Crippen LogP contribution in [0.5, 0.6) is 0 Å². The predicted octanol–water partition coefficient (Wildman–Crippen LogP) is 2.64. The minimum absolute atomic E-state index is 0.102. The molecule has 4 N–H and O–H groups in total. The molecule has 1 aromatic heterocycles. The monoisotopic (exact) mass is 286 g/mol. The quantitative estimate of drug-likeness (QED) is 0.590. The second-order valence-electron chi connectivity index (χ2n) is 4.73. The molecule has 0 unspecified atom stereocenters. The molecule has 6 nitrogen and oxygen atoms in total. The lowest BCUT2D eigenvalue weighted by Gasteiger charge is -2.12. The van der Waals surface area contributed by atoms with Gasteiger partial charge in [-0.3, -0.25) is 0 Å². The summed E-state index contributed by atoms with van der Waals surface area (Å²) < 4.78 is 13.9. The van der Waals surface area contributed by atoms with Gasteiger partial charge in [-0.15, -0.1) is 0 Å². The van der Waals surface area contributed by atoms with Crippen molar-refractivity contribution in [2.45, 2.75) is 19.8 Å². The highest BCUT2D eigenvalue weighted by Crippen LogP contribution is 2.22. The molecule has 1 heterocycles. The molecule has 0 aliphatic rings. The van der Waals surface area contributed by atoms with E-state index in [1.165, 1.54) is 12.1 Å². The maximum absolute atomic E-state index is 13.9. The third-order valence-electron chi connectivity index (χ3n) is 2.77. The molecule has 0 saturated heterocycles. The fourth-order valence-corrected chi connectivity index (χ4v) is 1.69. The number of anilines is 3. The van der Waals surface area contributed by atoms with Crippen LogP contribution in [0.4, 0.5) is 21.7 Å². The minimum atomic E-state index is -0.527. The first-order valence-corrected chi connectivity index (χ1v) is 6.35. The van der Waals surface area contributed by atoms with E-state index in [1.54, 1.807) is 6.07 Å². The third kappa shape index (κ3) is 3.43. The standard InChI is InChI=1S/C14H15FN6/c1-8(2)14-19-12(6-13(20-14)21-17)18-11-4-3-9(7-16)5-10(11)15/h3-6,8H,17H2,1-2H3,(H2,18,19,20,21). The Kier molecular flexibility index (Phi) is 4.30. The first kappa shape index (κ1) is 14.7. The summed E-state index contributed by atoms with van der Waals surface area (Å²) in [6.07, 6.45) is 0. The largest absolute Gasteiger partial charge is 0.338 e. The van der Waals surface area contributed by atoms with Crippen LogP contribution >= 0.6 is 0 Å². The lowest BCUT2D eigenvalue weighted by atomic mass is 10.2. The zero-order valence-electron chi connectivity index (χ0n) is 11.7. The summed E-state index contributed by atoms with van der Waals surface area (Å²) >= 11 is 0. The SMILES string of the molecule is CC(C)c1nc(NN)cc(Nc2ccc(C#N)cc2F)n1. The van der Waals surface area contributed by atoms with Crippen LogP contribution in [0, 0.1) is 17.1 Å². The Morgan fingerprint density at radius 3 is 2.52 bits per heavy atom. The minimum Gasteiger partial charge on any atom is -0.338 e. The number of nitriles is 1. The predicted molar refractivity (Wildman–Crippen MR) is 78.3 cm³/mol. The molecule has 21 heavy (non-hydrogen) atoms. The van der Waals surface area contributed by atoms with E-state index in [9.17, 15) is 4.39 Å². The smallest absolute Gasteiger partial charge is 0.147 e. The van der Waals surface area contributed by atoms with Crippen molar-refractivity contribution in [3.8, 4) is 6.07 Å². The number of halogens is 1. The second kappa shape index (κ2) is 6.15. The molecule has 1 aromatic carbocycles. The topological polar surface area (TPSA) is 99.6 Å². The number of hydrogen-bond donors (Lipinski definition) is 3. The van der Waals surface area contributed by atoms with Gasteiger partial charge in [0.2, 0.25) is 0 Å². The summed E-state index contributed by atoms with van der Waals surface area (Å²) in [4.78, 5) is 8.53. The number of hydrazine groups is 1. The van der Waals surface area contributed by atoms with Crippen LogP contribution in [0.1, 0.15) is 31.2 Å². The average Bonchev–Trinajstić information content (AvgIpc) is 2.48. The van der Waals surface area contributed by atoms with Gasteiger partial charge in [0.25, 0.3) is 0 Å². The van der Waals surface area contributed by atoms with Gasteiger partial charge in [0.1, 0.15) is 23.3 Å². The Hall–Kier alpha value is -2.72. The van der Waals surface area contributed by atoms with E-state index >= 15 is 0 Å². The van der Waals surface area contributed by atoms with E-state index in [4.69, 9.17) is 11.1 Å². The lowest BCUT2D eigenvalue weighted by Crippen LogP contribution is -2.12. The maximum Gasteiger partial charge on any atom is 0.147 e. The Labute approximate surface area is 121 Å². The van der Waals surface area contributed by atoms with Crippen LogP contribution in [0.25, 0.3) is 0 Å². The zero-order valence-corrected chi connectivity index (χ0v) is 11.7. The van der Waals surface area contributed by atoms with Crippen LogP contribution in [-0.2, 0) is 0 Å². The van der Waals surface area contributed by atoms with E-state index < -0.39 is 5.82 Å². The van der Waals surface area contributed by atoms with Gasteiger partial charge in [-0.2, -0.15) is 5.26 Å². The number of nitrogens with one attached hydrogen (secondary N) is 2. The molecule has 0 aliphatic heterocycles. The molecule has 0 amide bonds. The van der Waals surface area contributed by atoms with Crippen molar-refractivity contribution in [3.63, 3.8) is 0 Å².